The average molecular weight is 241 g/mol. The lowest BCUT2D eigenvalue weighted by atomic mass is 10.2. The van der Waals surface area contributed by atoms with Gasteiger partial charge in [0.2, 0.25) is 0 Å². The Morgan fingerprint density at radius 3 is 2.38 bits per heavy atom. The highest BCUT2D eigenvalue weighted by molar-refractivity contribution is 5.07. The highest BCUT2D eigenvalue weighted by Gasteiger charge is 2.62. The van der Waals surface area contributed by atoms with Gasteiger partial charge in [-0.2, -0.15) is 13.2 Å². The molecule has 1 aliphatic rings. The van der Waals surface area contributed by atoms with Crippen LogP contribution in [-0.2, 0) is 9.47 Å². The molecular formula is C10H18F3NO2. The Bertz CT molecular complexity index is 205. The van der Waals surface area contributed by atoms with Crippen molar-refractivity contribution in [3.63, 3.8) is 0 Å². The van der Waals surface area contributed by atoms with E-state index in [9.17, 15) is 13.2 Å². The summed E-state index contributed by atoms with van der Waals surface area (Å²) < 4.78 is 47.3. The molecule has 1 saturated carbocycles. The minimum Gasteiger partial charge on any atom is -0.382 e. The monoisotopic (exact) mass is 241 g/mol. The summed E-state index contributed by atoms with van der Waals surface area (Å²) in [5.74, 6) is 0. The van der Waals surface area contributed by atoms with E-state index in [1.165, 1.54) is 0 Å². The summed E-state index contributed by atoms with van der Waals surface area (Å²) in [6.45, 7) is 1.80. The predicted molar refractivity (Wildman–Crippen MR) is 53.3 cm³/mol. The van der Waals surface area contributed by atoms with Crippen LogP contribution in [0.4, 0.5) is 13.2 Å². The molecular weight excluding hydrogens is 223 g/mol. The summed E-state index contributed by atoms with van der Waals surface area (Å²) in [5, 5.41) is 2.56. The molecule has 0 aromatic carbocycles. The predicted octanol–water partition coefficient (Wildman–Crippen LogP) is 1.72. The van der Waals surface area contributed by atoms with Crippen LogP contribution in [0.25, 0.3) is 0 Å². The molecule has 0 atom stereocenters. The molecule has 0 amide bonds. The van der Waals surface area contributed by atoms with Gasteiger partial charge in [-0.1, -0.05) is 0 Å². The van der Waals surface area contributed by atoms with Crippen LogP contribution in [-0.4, -0.2) is 45.2 Å². The summed E-state index contributed by atoms with van der Waals surface area (Å²) in [5.41, 5.74) is -1.60. The van der Waals surface area contributed by atoms with E-state index < -0.39 is 11.7 Å². The van der Waals surface area contributed by atoms with Gasteiger partial charge < -0.3 is 14.8 Å². The molecule has 0 radical (unpaired) electrons. The molecule has 96 valence electrons. The van der Waals surface area contributed by atoms with Crippen LogP contribution in [0.1, 0.15) is 19.3 Å². The van der Waals surface area contributed by atoms with E-state index >= 15 is 0 Å². The zero-order valence-electron chi connectivity index (χ0n) is 9.40. The molecule has 3 nitrogen and oxygen atoms in total. The quantitative estimate of drug-likeness (QED) is 0.656. The van der Waals surface area contributed by atoms with Crippen molar-refractivity contribution in [3.8, 4) is 0 Å². The maximum atomic E-state index is 12.5. The van der Waals surface area contributed by atoms with Crippen molar-refractivity contribution >= 4 is 0 Å². The van der Waals surface area contributed by atoms with Crippen LogP contribution in [0.3, 0.4) is 0 Å². The number of alkyl halides is 3. The molecule has 0 aliphatic heterocycles. The standard InChI is InChI=1S/C10H18F3NO2/c1-15-7-8-16-6-2-5-14-9(3-4-9)10(11,12)13/h14H,2-8H2,1H3. The smallest absolute Gasteiger partial charge is 0.382 e. The van der Waals surface area contributed by atoms with E-state index in [0.29, 0.717) is 32.8 Å². The second kappa shape index (κ2) is 5.84. The third-order valence-electron chi connectivity index (χ3n) is 2.65. The lowest BCUT2D eigenvalue weighted by Gasteiger charge is -2.20. The fraction of sp³-hybridized carbons (Fsp3) is 1.00. The summed E-state index contributed by atoms with van der Waals surface area (Å²) in [6, 6.07) is 0. The summed E-state index contributed by atoms with van der Waals surface area (Å²) in [4.78, 5) is 0. The first-order chi connectivity index (χ1) is 7.52. The topological polar surface area (TPSA) is 30.5 Å². The number of hydrogen-bond acceptors (Lipinski definition) is 3. The largest absolute Gasteiger partial charge is 0.406 e. The molecule has 0 spiro atoms. The zero-order valence-corrected chi connectivity index (χ0v) is 9.40. The second-order valence-corrected chi connectivity index (χ2v) is 3.97. The van der Waals surface area contributed by atoms with Crippen LogP contribution in [0, 0.1) is 0 Å². The van der Waals surface area contributed by atoms with Gasteiger partial charge in [0.1, 0.15) is 5.54 Å². The van der Waals surface area contributed by atoms with Gasteiger partial charge in [-0.3, -0.25) is 0 Å². The van der Waals surface area contributed by atoms with Crippen molar-refractivity contribution in [1.82, 2.24) is 5.32 Å². The summed E-state index contributed by atoms with van der Waals surface area (Å²) >= 11 is 0. The minimum absolute atomic E-state index is 0.195. The number of methoxy groups -OCH3 is 1. The Kier molecular flexibility index (Phi) is 5.01. The van der Waals surface area contributed by atoms with Crippen LogP contribution in [0.2, 0.25) is 0 Å². The van der Waals surface area contributed by atoms with Crippen LogP contribution >= 0.6 is 0 Å². The van der Waals surface area contributed by atoms with Gasteiger partial charge in [0.15, 0.2) is 0 Å². The zero-order chi connectivity index (χ0) is 12.1. The molecule has 16 heavy (non-hydrogen) atoms. The van der Waals surface area contributed by atoms with E-state index in [1.807, 2.05) is 0 Å². The SMILES string of the molecule is COCCOCCCNC1(C(F)(F)F)CC1. The molecule has 0 bridgehead atoms. The Balaban J connectivity index is 2.00. The van der Waals surface area contributed by atoms with Crippen molar-refractivity contribution in [2.45, 2.75) is 31.0 Å². The Morgan fingerprint density at radius 1 is 1.19 bits per heavy atom. The number of rotatable bonds is 8. The molecule has 1 N–H and O–H groups in total. The molecule has 1 rings (SSSR count). The first-order valence-corrected chi connectivity index (χ1v) is 5.40. The van der Waals surface area contributed by atoms with Gasteiger partial charge in [0.05, 0.1) is 13.2 Å². The van der Waals surface area contributed by atoms with Gasteiger partial charge in [-0.15, -0.1) is 0 Å². The maximum Gasteiger partial charge on any atom is 0.406 e. The van der Waals surface area contributed by atoms with Crippen LogP contribution < -0.4 is 5.32 Å². The Morgan fingerprint density at radius 2 is 1.88 bits per heavy atom. The van der Waals surface area contributed by atoms with Crippen molar-refractivity contribution < 1.29 is 22.6 Å². The minimum atomic E-state index is -4.12. The molecule has 0 saturated heterocycles. The average Bonchev–Trinajstić information content (AvgIpc) is 2.96. The molecule has 6 heteroatoms. The molecule has 0 aromatic heterocycles. The number of nitrogens with one attached hydrogen (secondary N) is 1. The van der Waals surface area contributed by atoms with Gasteiger partial charge in [-0.05, 0) is 25.8 Å². The Hall–Kier alpha value is -0.330. The van der Waals surface area contributed by atoms with Gasteiger partial charge >= 0.3 is 6.18 Å². The highest BCUT2D eigenvalue weighted by Crippen LogP contribution is 2.48. The summed E-state index contributed by atoms with van der Waals surface area (Å²) in [6.07, 6.45) is -3.15. The number of halogens is 3. The summed E-state index contributed by atoms with van der Waals surface area (Å²) in [7, 11) is 1.57. The molecule has 0 heterocycles. The van der Waals surface area contributed by atoms with E-state index in [1.54, 1.807) is 7.11 Å². The third kappa shape index (κ3) is 3.92. The van der Waals surface area contributed by atoms with Gasteiger partial charge in [0.25, 0.3) is 0 Å². The highest BCUT2D eigenvalue weighted by atomic mass is 19.4. The van der Waals surface area contributed by atoms with Crippen molar-refractivity contribution in [1.29, 1.82) is 0 Å². The van der Waals surface area contributed by atoms with Crippen LogP contribution in [0.15, 0.2) is 0 Å². The molecule has 0 unspecified atom stereocenters. The number of hydrogen-bond donors (Lipinski definition) is 1. The maximum absolute atomic E-state index is 12.5. The fourth-order valence-electron chi connectivity index (χ4n) is 1.43. The van der Waals surface area contributed by atoms with Crippen molar-refractivity contribution in [2.24, 2.45) is 0 Å². The normalized spacial score (nSPS) is 18.8. The van der Waals surface area contributed by atoms with E-state index in [-0.39, 0.29) is 12.8 Å². The first kappa shape index (κ1) is 13.7. The third-order valence-corrected chi connectivity index (χ3v) is 2.65. The van der Waals surface area contributed by atoms with E-state index in [2.05, 4.69) is 5.32 Å². The van der Waals surface area contributed by atoms with E-state index in [4.69, 9.17) is 9.47 Å². The first-order valence-electron chi connectivity index (χ1n) is 5.40. The van der Waals surface area contributed by atoms with Crippen LogP contribution in [0.5, 0.6) is 0 Å². The van der Waals surface area contributed by atoms with Gasteiger partial charge in [-0.25, -0.2) is 0 Å². The molecule has 0 aromatic rings. The second-order valence-electron chi connectivity index (χ2n) is 3.97. The Labute approximate surface area is 93.3 Å². The lowest BCUT2D eigenvalue weighted by molar-refractivity contribution is -0.165. The van der Waals surface area contributed by atoms with Crippen molar-refractivity contribution in [2.75, 3.05) is 33.5 Å². The fourth-order valence-corrected chi connectivity index (χ4v) is 1.43. The number of ether oxygens (including phenoxy) is 2. The molecule has 1 fully saturated rings. The lowest BCUT2D eigenvalue weighted by Crippen LogP contribution is -2.45. The van der Waals surface area contributed by atoms with Gasteiger partial charge in [0, 0.05) is 13.7 Å². The van der Waals surface area contributed by atoms with Crippen molar-refractivity contribution in [3.05, 3.63) is 0 Å². The van der Waals surface area contributed by atoms with E-state index in [0.717, 1.165) is 0 Å². The molecule has 1 aliphatic carbocycles.